The normalized spacial score (nSPS) is 11.0. The predicted octanol–water partition coefficient (Wildman–Crippen LogP) is 4.76. The van der Waals surface area contributed by atoms with Crippen LogP contribution in [0.2, 0.25) is 5.02 Å². The number of benzene rings is 3. The van der Waals surface area contributed by atoms with Crippen molar-refractivity contribution in [1.29, 1.82) is 0 Å². The SMILES string of the molecule is Clc1ccc(-n2nnnc2SCc2cccc3ccccc23)cc1. The van der Waals surface area contributed by atoms with Crippen LogP contribution in [0.15, 0.2) is 71.9 Å². The van der Waals surface area contributed by atoms with Crippen molar-refractivity contribution in [2.75, 3.05) is 0 Å². The fourth-order valence-electron chi connectivity index (χ4n) is 2.57. The first-order valence-corrected chi connectivity index (χ1v) is 8.81. The van der Waals surface area contributed by atoms with Gasteiger partial charge in [0.05, 0.1) is 5.69 Å². The van der Waals surface area contributed by atoms with Crippen LogP contribution in [0, 0.1) is 0 Å². The monoisotopic (exact) mass is 352 g/mol. The Balaban J connectivity index is 1.61. The van der Waals surface area contributed by atoms with Crippen LogP contribution in [0.5, 0.6) is 0 Å². The smallest absolute Gasteiger partial charge is 0.187 e. The van der Waals surface area contributed by atoms with Crippen molar-refractivity contribution in [3.8, 4) is 5.69 Å². The summed E-state index contributed by atoms with van der Waals surface area (Å²) in [6.45, 7) is 0. The van der Waals surface area contributed by atoms with Gasteiger partial charge in [-0.2, -0.15) is 4.68 Å². The average molecular weight is 353 g/mol. The van der Waals surface area contributed by atoms with E-state index in [1.54, 1.807) is 16.4 Å². The maximum absolute atomic E-state index is 5.94. The molecular formula is C18H13ClN4S. The zero-order chi connectivity index (χ0) is 16.4. The van der Waals surface area contributed by atoms with Crippen molar-refractivity contribution in [3.05, 3.63) is 77.3 Å². The summed E-state index contributed by atoms with van der Waals surface area (Å²) in [4.78, 5) is 0. The van der Waals surface area contributed by atoms with E-state index in [9.17, 15) is 0 Å². The molecule has 0 amide bonds. The summed E-state index contributed by atoms with van der Waals surface area (Å²) in [5.41, 5.74) is 2.16. The number of nitrogens with zero attached hydrogens (tertiary/aromatic N) is 4. The Morgan fingerprint density at radius 3 is 2.58 bits per heavy atom. The minimum atomic E-state index is 0.691. The van der Waals surface area contributed by atoms with Crippen LogP contribution >= 0.6 is 23.4 Å². The molecule has 0 unspecified atom stereocenters. The Hall–Kier alpha value is -2.37. The van der Waals surface area contributed by atoms with Crippen molar-refractivity contribution in [2.24, 2.45) is 0 Å². The summed E-state index contributed by atoms with van der Waals surface area (Å²) in [5.74, 6) is 0.801. The van der Waals surface area contributed by atoms with Crippen LogP contribution in [0.4, 0.5) is 0 Å². The molecule has 0 saturated carbocycles. The third kappa shape index (κ3) is 3.00. The van der Waals surface area contributed by atoms with E-state index in [0.29, 0.717) is 5.02 Å². The highest BCUT2D eigenvalue weighted by Gasteiger charge is 2.10. The third-order valence-electron chi connectivity index (χ3n) is 3.75. The summed E-state index contributed by atoms with van der Waals surface area (Å²) >= 11 is 7.56. The second kappa shape index (κ2) is 6.63. The molecule has 4 rings (SSSR count). The Kier molecular flexibility index (Phi) is 4.19. The van der Waals surface area contributed by atoms with E-state index in [1.807, 2.05) is 24.3 Å². The first-order valence-electron chi connectivity index (χ1n) is 7.45. The molecule has 0 radical (unpaired) electrons. The number of hydrogen-bond donors (Lipinski definition) is 0. The van der Waals surface area contributed by atoms with Gasteiger partial charge in [-0.15, -0.1) is 5.10 Å². The van der Waals surface area contributed by atoms with E-state index >= 15 is 0 Å². The molecular weight excluding hydrogens is 340 g/mol. The number of aromatic nitrogens is 4. The van der Waals surface area contributed by atoms with Gasteiger partial charge in [-0.1, -0.05) is 65.8 Å². The Labute approximate surface area is 148 Å². The third-order valence-corrected chi connectivity index (χ3v) is 4.97. The lowest BCUT2D eigenvalue weighted by Gasteiger charge is -2.07. The molecule has 1 aromatic heterocycles. The van der Waals surface area contributed by atoms with Gasteiger partial charge in [-0.25, -0.2) is 0 Å². The number of rotatable bonds is 4. The summed E-state index contributed by atoms with van der Waals surface area (Å²) in [5, 5.41) is 16.0. The highest BCUT2D eigenvalue weighted by Crippen LogP contribution is 2.27. The lowest BCUT2D eigenvalue weighted by molar-refractivity contribution is 0.756. The molecule has 0 atom stereocenters. The quantitative estimate of drug-likeness (QED) is 0.496. The van der Waals surface area contributed by atoms with Gasteiger partial charge in [-0.05, 0) is 51.0 Å². The van der Waals surface area contributed by atoms with Crippen molar-refractivity contribution in [2.45, 2.75) is 10.9 Å². The Morgan fingerprint density at radius 2 is 1.71 bits per heavy atom. The Bertz CT molecular complexity index is 976. The van der Waals surface area contributed by atoms with Crippen LogP contribution < -0.4 is 0 Å². The van der Waals surface area contributed by atoms with E-state index in [1.165, 1.54) is 16.3 Å². The van der Waals surface area contributed by atoms with Gasteiger partial charge >= 0.3 is 0 Å². The van der Waals surface area contributed by atoms with Gasteiger partial charge in [0.25, 0.3) is 0 Å². The molecule has 118 valence electrons. The van der Waals surface area contributed by atoms with Gasteiger partial charge in [0, 0.05) is 10.8 Å². The predicted molar refractivity (Wildman–Crippen MR) is 97.7 cm³/mol. The number of thioether (sulfide) groups is 1. The van der Waals surface area contributed by atoms with E-state index in [4.69, 9.17) is 11.6 Å². The van der Waals surface area contributed by atoms with Crippen LogP contribution in [0.3, 0.4) is 0 Å². The topological polar surface area (TPSA) is 43.6 Å². The number of halogens is 1. The summed E-state index contributed by atoms with van der Waals surface area (Å²) in [7, 11) is 0. The van der Waals surface area contributed by atoms with Gasteiger partial charge < -0.3 is 0 Å². The van der Waals surface area contributed by atoms with E-state index in [0.717, 1.165) is 16.6 Å². The second-order valence-electron chi connectivity index (χ2n) is 5.28. The van der Waals surface area contributed by atoms with Crippen molar-refractivity contribution >= 4 is 34.1 Å². The molecule has 4 nitrogen and oxygen atoms in total. The summed E-state index contributed by atoms with van der Waals surface area (Å²) in [6, 6.07) is 22.2. The minimum absolute atomic E-state index is 0.691. The maximum atomic E-state index is 5.94. The molecule has 4 aromatic rings. The molecule has 0 aliphatic heterocycles. The highest BCUT2D eigenvalue weighted by molar-refractivity contribution is 7.98. The molecule has 0 spiro atoms. The molecule has 0 aliphatic rings. The zero-order valence-corrected chi connectivity index (χ0v) is 14.2. The average Bonchev–Trinajstić information content (AvgIpc) is 3.09. The van der Waals surface area contributed by atoms with Gasteiger partial charge in [0.1, 0.15) is 0 Å². The lowest BCUT2D eigenvalue weighted by Crippen LogP contribution is -1.98. The fourth-order valence-corrected chi connectivity index (χ4v) is 3.59. The van der Waals surface area contributed by atoms with Gasteiger partial charge in [-0.3, -0.25) is 0 Å². The van der Waals surface area contributed by atoms with E-state index in [-0.39, 0.29) is 0 Å². The van der Waals surface area contributed by atoms with Crippen LogP contribution in [0.25, 0.3) is 16.5 Å². The first-order chi connectivity index (χ1) is 11.8. The first kappa shape index (κ1) is 15.2. The number of fused-ring (bicyclic) bond motifs is 1. The minimum Gasteiger partial charge on any atom is -0.187 e. The van der Waals surface area contributed by atoms with Crippen LogP contribution in [-0.2, 0) is 5.75 Å². The number of hydrogen-bond acceptors (Lipinski definition) is 4. The molecule has 1 heterocycles. The molecule has 0 saturated heterocycles. The van der Waals surface area contributed by atoms with Crippen molar-refractivity contribution in [1.82, 2.24) is 20.2 Å². The maximum Gasteiger partial charge on any atom is 0.214 e. The summed E-state index contributed by atoms with van der Waals surface area (Å²) in [6.07, 6.45) is 0. The second-order valence-corrected chi connectivity index (χ2v) is 6.66. The number of tetrazole rings is 1. The largest absolute Gasteiger partial charge is 0.214 e. The zero-order valence-electron chi connectivity index (χ0n) is 12.6. The molecule has 3 aromatic carbocycles. The highest BCUT2D eigenvalue weighted by atomic mass is 35.5. The molecule has 0 N–H and O–H groups in total. The molecule has 0 fully saturated rings. The molecule has 6 heteroatoms. The van der Waals surface area contributed by atoms with Crippen molar-refractivity contribution < 1.29 is 0 Å². The van der Waals surface area contributed by atoms with Gasteiger partial charge in [0.2, 0.25) is 5.16 Å². The Morgan fingerprint density at radius 1 is 0.917 bits per heavy atom. The fraction of sp³-hybridized carbons (Fsp3) is 0.0556. The standard InChI is InChI=1S/C18H13ClN4S/c19-15-8-10-16(11-9-15)23-18(20-21-22-23)24-12-14-6-3-5-13-4-1-2-7-17(13)14/h1-11H,12H2. The van der Waals surface area contributed by atoms with Crippen molar-refractivity contribution in [3.63, 3.8) is 0 Å². The van der Waals surface area contributed by atoms with Gasteiger partial charge in [0.15, 0.2) is 0 Å². The molecule has 0 aliphatic carbocycles. The molecule has 24 heavy (non-hydrogen) atoms. The van der Waals surface area contributed by atoms with Crippen LogP contribution in [-0.4, -0.2) is 20.2 Å². The lowest BCUT2D eigenvalue weighted by atomic mass is 10.1. The van der Waals surface area contributed by atoms with Crippen LogP contribution in [0.1, 0.15) is 5.56 Å². The summed E-state index contributed by atoms with van der Waals surface area (Å²) < 4.78 is 1.73. The molecule has 0 bridgehead atoms. The van der Waals surface area contributed by atoms with E-state index < -0.39 is 0 Å². The van der Waals surface area contributed by atoms with E-state index in [2.05, 4.69) is 58.0 Å².